The van der Waals surface area contributed by atoms with Crippen molar-refractivity contribution in [1.29, 1.82) is 0 Å². The van der Waals surface area contributed by atoms with Crippen LogP contribution >= 0.6 is 12.4 Å². The number of ether oxygens (including phenoxy) is 3. The number of methoxy groups -OCH3 is 2. The number of aromatic nitrogens is 4. The van der Waals surface area contributed by atoms with Crippen LogP contribution in [-0.4, -0.2) is 69.9 Å². The summed E-state index contributed by atoms with van der Waals surface area (Å²) in [5.74, 6) is -1.01. The van der Waals surface area contributed by atoms with Gasteiger partial charge in [-0.1, -0.05) is 0 Å². The Morgan fingerprint density at radius 1 is 0.912 bits per heavy atom. The molecule has 2 aromatic heterocycles. The number of nitrogens with zero attached hydrogens (tertiary/aromatic N) is 4. The zero-order chi connectivity index (χ0) is 24.9. The third-order valence-corrected chi connectivity index (χ3v) is 3.76. The molecule has 0 fully saturated rings. The first-order valence-corrected chi connectivity index (χ1v) is 9.96. The van der Waals surface area contributed by atoms with Gasteiger partial charge >= 0.3 is 18.0 Å². The van der Waals surface area contributed by atoms with Crippen LogP contribution in [-0.2, 0) is 36.6 Å². The lowest BCUT2D eigenvalue weighted by Crippen LogP contribution is -2.45. The van der Waals surface area contributed by atoms with E-state index in [1.807, 2.05) is 0 Å². The van der Waals surface area contributed by atoms with E-state index in [1.54, 1.807) is 39.4 Å². The van der Waals surface area contributed by atoms with Crippen LogP contribution in [0.5, 0.6) is 0 Å². The smallest absolute Gasteiger partial charge is 0.408 e. The van der Waals surface area contributed by atoms with Crippen molar-refractivity contribution in [3.8, 4) is 0 Å². The summed E-state index contributed by atoms with van der Waals surface area (Å²) >= 11 is 0. The van der Waals surface area contributed by atoms with E-state index in [0.717, 1.165) is 0 Å². The lowest BCUT2D eigenvalue weighted by Gasteiger charge is -2.22. The standard InChI is InChI=1S/C13H19N3O4.C8H11N3O2.ClH/c1-13(2,3)20-12(18)16-10(11(17)19-4)7-9-8-14-5-6-15-9;1-13-8(12)7(9)4-6-5-10-2-3-11-6;/h5-6,8,10H,7H2,1-4H3,(H,16,18);2-3,5,7H,4,9H2,1H3;1H/t10-;7-;/m11./s1. The Labute approximate surface area is 204 Å². The van der Waals surface area contributed by atoms with Gasteiger partial charge in [0, 0.05) is 50.0 Å². The first-order chi connectivity index (χ1) is 15.6. The summed E-state index contributed by atoms with van der Waals surface area (Å²) in [6.07, 6.45) is 9.09. The fourth-order valence-corrected chi connectivity index (χ4v) is 2.33. The molecule has 0 aliphatic rings. The summed E-state index contributed by atoms with van der Waals surface area (Å²) in [4.78, 5) is 50.1. The highest BCUT2D eigenvalue weighted by atomic mass is 35.5. The molecule has 0 aliphatic heterocycles. The third-order valence-electron chi connectivity index (χ3n) is 3.76. The first-order valence-electron chi connectivity index (χ1n) is 9.96. The van der Waals surface area contributed by atoms with Gasteiger partial charge < -0.3 is 25.3 Å². The molecule has 188 valence electrons. The Kier molecular flexibility index (Phi) is 13.9. The van der Waals surface area contributed by atoms with E-state index in [4.69, 9.17) is 10.5 Å². The molecule has 3 N–H and O–H groups in total. The molecule has 0 radical (unpaired) electrons. The molecule has 2 aromatic rings. The minimum Gasteiger partial charge on any atom is -0.468 e. The summed E-state index contributed by atoms with van der Waals surface area (Å²) < 4.78 is 14.2. The lowest BCUT2D eigenvalue weighted by molar-refractivity contribution is -0.143. The molecule has 0 saturated carbocycles. The summed E-state index contributed by atoms with van der Waals surface area (Å²) in [7, 11) is 2.56. The summed E-state index contributed by atoms with van der Waals surface area (Å²) in [5.41, 5.74) is 6.13. The highest BCUT2D eigenvalue weighted by molar-refractivity contribution is 5.85. The maximum Gasteiger partial charge on any atom is 0.408 e. The topological polar surface area (TPSA) is 169 Å². The minimum absolute atomic E-state index is 0. The van der Waals surface area contributed by atoms with Crippen LogP contribution in [0.2, 0.25) is 0 Å². The zero-order valence-corrected chi connectivity index (χ0v) is 20.6. The molecule has 0 spiro atoms. The lowest BCUT2D eigenvalue weighted by atomic mass is 10.1. The number of alkyl carbamates (subject to hydrolysis) is 1. The number of carbonyl (C=O) groups is 3. The van der Waals surface area contributed by atoms with Gasteiger partial charge in [-0.15, -0.1) is 12.4 Å². The van der Waals surface area contributed by atoms with Crippen molar-refractivity contribution >= 4 is 30.4 Å². The Balaban J connectivity index is 0.000000676. The van der Waals surface area contributed by atoms with Gasteiger partial charge in [-0.2, -0.15) is 0 Å². The Hall–Kier alpha value is -3.38. The second-order valence-corrected chi connectivity index (χ2v) is 7.65. The summed E-state index contributed by atoms with van der Waals surface area (Å²) in [5, 5.41) is 2.47. The first kappa shape index (κ1) is 30.6. The van der Waals surface area contributed by atoms with Crippen molar-refractivity contribution in [1.82, 2.24) is 25.3 Å². The number of halogens is 1. The van der Waals surface area contributed by atoms with Crippen molar-refractivity contribution in [3.63, 3.8) is 0 Å². The number of amides is 1. The molecular formula is C21H31ClN6O6. The maximum atomic E-state index is 11.7. The van der Waals surface area contributed by atoms with E-state index < -0.39 is 35.7 Å². The van der Waals surface area contributed by atoms with E-state index in [2.05, 4.69) is 34.7 Å². The Morgan fingerprint density at radius 2 is 1.41 bits per heavy atom. The van der Waals surface area contributed by atoms with Gasteiger partial charge in [-0.05, 0) is 20.8 Å². The van der Waals surface area contributed by atoms with E-state index in [1.165, 1.54) is 32.8 Å². The van der Waals surface area contributed by atoms with E-state index in [0.29, 0.717) is 17.8 Å². The SMILES string of the molecule is COC(=O)[C@@H](Cc1cnccn1)NC(=O)OC(C)(C)C.COC(=O)[C@H](N)Cc1cnccn1.Cl. The highest BCUT2D eigenvalue weighted by Crippen LogP contribution is 2.08. The van der Waals surface area contributed by atoms with Crippen molar-refractivity contribution < 1.29 is 28.6 Å². The van der Waals surface area contributed by atoms with Gasteiger partial charge in [0.25, 0.3) is 0 Å². The van der Waals surface area contributed by atoms with Crippen LogP contribution in [0.4, 0.5) is 4.79 Å². The minimum atomic E-state index is -0.869. The molecule has 12 nitrogen and oxygen atoms in total. The number of esters is 2. The molecule has 2 atom stereocenters. The largest absolute Gasteiger partial charge is 0.468 e. The van der Waals surface area contributed by atoms with Crippen LogP contribution in [0.15, 0.2) is 37.2 Å². The molecule has 34 heavy (non-hydrogen) atoms. The second-order valence-electron chi connectivity index (χ2n) is 7.65. The van der Waals surface area contributed by atoms with Gasteiger partial charge in [0.15, 0.2) is 0 Å². The average molecular weight is 499 g/mol. The van der Waals surface area contributed by atoms with Crippen molar-refractivity contribution in [2.75, 3.05) is 14.2 Å². The number of hydrogen-bond donors (Lipinski definition) is 2. The van der Waals surface area contributed by atoms with Gasteiger partial charge in [0.1, 0.15) is 17.7 Å². The predicted molar refractivity (Wildman–Crippen MR) is 124 cm³/mol. The molecule has 0 bridgehead atoms. The molecular weight excluding hydrogens is 468 g/mol. The number of nitrogens with one attached hydrogen (secondary N) is 1. The van der Waals surface area contributed by atoms with E-state index in [-0.39, 0.29) is 18.8 Å². The van der Waals surface area contributed by atoms with Crippen LogP contribution in [0.1, 0.15) is 32.2 Å². The third kappa shape index (κ3) is 12.6. The van der Waals surface area contributed by atoms with Crippen LogP contribution < -0.4 is 11.1 Å². The average Bonchev–Trinajstić information content (AvgIpc) is 2.78. The van der Waals surface area contributed by atoms with E-state index in [9.17, 15) is 14.4 Å². The van der Waals surface area contributed by atoms with E-state index >= 15 is 0 Å². The number of rotatable bonds is 7. The predicted octanol–water partition coefficient (Wildman–Crippen LogP) is 1.03. The molecule has 0 unspecified atom stereocenters. The Morgan fingerprint density at radius 3 is 1.82 bits per heavy atom. The van der Waals surface area contributed by atoms with Crippen molar-refractivity contribution in [2.24, 2.45) is 5.73 Å². The Bertz CT molecular complexity index is 882. The van der Waals surface area contributed by atoms with Crippen LogP contribution in [0, 0.1) is 0 Å². The molecule has 1 amide bonds. The second kappa shape index (κ2) is 15.5. The van der Waals surface area contributed by atoms with Gasteiger partial charge in [0.05, 0.1) is 25.6 Å². The zero-order valence-electron chi connectivity index (χ0n) is 19.8. The van der Waals surface area contributed by atoms with Crippen LogP contribution in [0.25, 0.3) is 0 Å². The summed E-state index contributed by atoms with van der Waals surface area (Å²) in [6, 6.07) is -1.53. The van der Waals surface area contributed by atoms with Gasteiger partial charge in [-0.25, -0.2) is 9.59 Å². The van der Waals surface area contributed by atoms with Gasteiger partial charge in [-0.3, -0.25) is 24.7 Å². The fraction of sp³-hybridized carbons (Fsp3) is 0.476. The molecule has 0 saturated heterocycles. The molecule has 2 rings (SSSR count). The van der Waals surface area contributed by atoms with Crippen LogP contribution in [0.3, 0.4) is 0 Å². The molecule has 0 aromatic carbocycles. The summed E-state index contributed by atoms with van der Waals surface area (Å²) in [6.45, 7) is 5.22. The quantitative estimate of drug-likeness (QED) is 0.412. The molecule has 0 aliphatic carbocycles. The molecule has 13 heteroatoms. The maximum absolute atomic E-state index is 11.7. The van der Waals surface area contributed by atoms with Gasteiger partial charge in [0.2, 0.25) is 0 Å². The monoisotopic (exact) mass is 498 g/mol. The highest BCUT2D eigenvalue weighted by Gasteiger charge is 2.25. The fourth-order valence-electron chi connectivity index (χ4n) is 2.33. The normalized spacial score (nSPS) is 11.9. The van der Waals surface area contributed by atoms with Crippen molar-refractivity contribution in [2.45, 2.75) is 51.3 Å². The number of carbonyl (C=O) groups excluding carboxylic acids is 3. The number of hydrogen-bond acceptors (Lipinski definition) is 11. The molecule has 2 heterocycles. The number of nitrogens with two attached hydrogens (primary N) is 1. The van der Waals surface area contributed by atoms with Crippen molar-refractivity contribution in [3.05, 3.63) is 48.6 Å².